The number of anilines is 2. The van der Waals surface area contributed by atoms with Crippen molar-refractivity contribution in [2.75, 3.05) is 70.8 Å². The maximum atomic E-state index is 13.8. The van der Waals surface area contributed by atoms with Gasteiger partial charge in [0, 0.05) is 58.2 Å². The Bertz CT molecular complexity index is 1800. The molecule has 0 aromatic heterocycles. The zero-order chi connectivity index (χ0) is 40.8. The van der Waals surface area contributed by atoms with Gasteiger partial charge in [-0.1, -0.05) is 18.2 Å². The van der Waals surface area contributed by atoms with Crippen LogP contribution in [0.15, 0.2) is 60.7 Å². The van der Waals surface area contributed by atoms with Gasteiger partial charge in [0.1, 0.15) is 22.8 Å². The number of methoxy groups -OCH3 is 1. The number of carbonyl (C=O) groups is 4. The highest BCUT2D eigenvalue weighted by Crippen LogP contribution is 2.33. The van der Waals surface area contributed by atoms with Crippen LogP contribution in [0.25, 0.3) is 0 Å². The topological polar surface area (TPSA) is 139 Å². The first-order valence-corrected chi connectivity index (χ1v) is 19.3. The summed E-state index contributed by atoms with van der Waals surface area (Å²) in [4.78, 5) is 57.6. The predicted molar refractivity (Wildman–Crippen MR) is 218 cm³/mol. The summed E-state index contributed by atoms with van der Waals surface area (Å²) in [6, 6.07) is 17.5. The number of piperazine rings is 1. The summed E-state index contributed by atoms with van der Waals surface area (Å²) in [7, 11) is 5.24. The first-order chi connectivity index (χ1) is 26.6. The maximum absolute atomic E-state index is 13.8. The molecule has 13 nitrogen and oxygen atoms in total. The van der Waals surface area contributed by atoms with E-state index in [1.807, 2.05) is 36.9 Å². The van der Waals surface area contributed by atoms with Crippen LogP contribution in [0, 0.1) is 6.92 Å². The van der Waals surface area contributed by atoms with Crippen LogP contribution >= 0.6 is 0 Å². The number of hydrogen-bond acceptors (Lipinski definition) is 9. The van der Waals surface area contributed by atoms with Crippen LogP contribution < -0.4 is 29.7 Å². The van der Waals surface area contributed by atoms with E-state index in [2.05, 4.69) is 22.6 Å². The fourth-order valence-electron chi connectivity index (χ4n) is 6.11. The second-order valence-electron chi connectivity index (χ2n) is 15.2. The second-order valence-corrected chi connectivity index (χ2v) is 15.2. The number of para-hydroxylation sites is 1. The lowest BCUT2D eigenvalue weighted by Crippen LogP contribution is -2.47. The number of nitrogens with one attached hydrogen (secondary N) is 2. The van der Waals surface area contributed by atoms with Gasteiger partial charge in [-0.3, -0.25) is 14.4 Å². The Balaban J connectivity index is 1.33. The molecule has 56 heavy (non-hydrogen) atoms. The molecule has 304 valence electrons. The Hall–Kier alpha value is -5.30. The summed E-state index contributed by atoms with van der Waals surface area (Å²) in [6.07, 6.45) is 2.67. The van der Waals surface area contributed by atoms with E-state index >= 15 is 0 Å². The standard InChI is InChI=1S/C43H59N5O8/c1-30-17-20-35(38(28-30)54-27-13-9-10-16-39(49)48-25-23-46(6)24-26-48)47(7)41(51)32-18-19-34(37(29-32)53-8)45-40(50)33-14-11-12-15-36(33)55-31(2)21-22-44-42(52)56-43(3,4)5/h11-12,14-15,17-20,28-29,31H,9-10,13,16,21-27H2,1-8H3,(H,44,52)(H,45,50). The summed E-state index contributed by atoms with van der Waals surface area (Å²) in [5.41, 5.74) is 2.08. The predicted octanol–water partition coefficient (Wildman–Crippen LogP) is 6.93. The van der Waals surface area contributed by atoms with Gasteiger partial charge in [0.05, 0.1) is 36.8 Å². The van der Waals surface area contributed by atoms with E-state index in [-0.39, 0.29) is 17.9 Å². The lowest BCUT2D eigenvalue weighted by molar-refractivity contribution is -0.132. The van der Waals surface area contributed by atoms with Crippen LogP contribution in [0.4, 0.5) is 16.2 Å². The molecule has 2 N–H and O–H groups in total. The number of nitrogens with zero attached hydrogens (tertiary/aromatic N) is 3. The number of hydrogen-bond donors (Lipinski definition) is 2. The molecule has 1 aliphatic rings. The van der Waals surface area contributed by atoms with Crippen molar-refractivity contribution in [1.82, 2.24) is 15.1 Å². The average molecular weight is 774 g/mol. The van der Waals surface area contributed by atoms with E-state index in [9.17, 15) is 19.2 Å². The monoisotopic (exact) mass is 773 g/mol. The van der Waals surface area contributed by atoms with E-state index in [0.29, 0.717) is 65.7 Å². The molecule has 13 heteroatoms. The summed E-state index contributed by atoms with van der Waals surface area (Å²) >= 11 is 0. The van der Waals surface area contributed by atoms with Crippen molar-refractivity contribution in [2.45, 2.75) is 78.4 Å². The SMILES string of the molecule is COc1cc(C(=O)N(C)c2ccc(C)cc2OCCCCCC(=O)N2CCN(C)CC2)ccc1NC(=O)c1ccccc1OC(C)CCNC(=O)OC(C)(C)C. The van der Waals surface area contributed by atoms with Crippen LogP contribution in [-0.4, -0.2) is 106 Å². The van der Waals surface area contributed by atoms with E-state index in [1.165, 1.54) is 12.0 Å². The number of unbranched alkanes of at least 4 members (excludes halogenated alkanes) is 2. The lowest BCUT2D eigenvalue weighted by Gasteiger charge is -2.32. The molecule has 1 saturated heterocycles. The normalized spacial score (nSPS) is 13.7. The van der Waals surface area contributed by atoms with Crippen LogP contribution in [-0.2, 0) is 9.53 Å². The molecule has 4 amide bonds. The molecule has 0 spiro atoms. The van der Waals surface area contributed by atoms with Gasteiger partial charge in [0.25, 0.3) is 11.8 Å². The van der Waals surface area contributed by atoms with Crippen molar-refractivity contribution in [3.05, 3.63) is 77.4 Å². The maximum Gasteiger partial charge on any atom is 0.407 e. The third-order valence-electron chi connectivity index (χ3n) is 9.31. The molecule has 0 bridgehead atoms. The zero-order valence-electron chi connectivity index (χ0n) is 34.2. The fraction of sp³-hybridized carbons (Fsp3) is 0.488. The van der Waals surface area contributed by atoms with Crippen molar-refractivity contribution in [1.29, 1.82) is 0 Å². The Labute approximate surface area is 331 Å². The molecule has 0 saturated carbocycles. The summed E-state index contributed by atoms with van der Waals surface area (Å²) in [5, 5.41) is 5.61. The first kappa shape index (κ1) is 43.4. The highest BCUT2D eigenvalue weighted by Gasteiger charge is 2.22. The fourth-order valence-corrected chi connectivity index (χ4v) is 6.11. The number of likely N-dealkylation sites (N-methyl/N-ethyl adjacent to an activating group) is 1. The van der Waals surface area contributed by atoms with Crippen molar-refractivity contribution in [2.24, 2.45) is 0 Å². The van der Waals surface area contributed by atoms with E-state index in [0.717, 1.165) is 51.0 Å². The first-order valence-electron chi connectivity index (χ1n) is 19.3. The van der Waals surface area contributed by atoms with Crippen molar-refractivity contribution >= 4 is 35.2 Å². The molecular weight excluding hydrogens is 714 g/mol. The van der Waals surface area contributed by atoms with E-state index in [4.69, 9.17) is 18.9 Å². The minimum atomic E-state index is -0.593. The number of alkyl carbamates (subject to hydrolysis) is 1. The highest BCUT2D eigenvalue weighted by molar-refractivity contribution is 6.09. The third-order valence-corrected chi connectivity index (χ3v) is 9.31. The minimum Gasteiger partial charge on any atom is -0.495 e. The summed E-state index contributed by atoms with van der Waals surface area (Å²) in [5.74, 6) is 0.804. The van der Waals surface area contributed by atoms with Gasteiger partial charge in [0.2, 0.25) is 5.91 Å². The molecule has 1 heterocycles. The highest BCUT2D eigenvalue weighted by atomic mass is 16.6. The van der Waals surface area contributed by atoms with Gasteiger partial charge in [-0.15, -0.1) is 0 Å². The van der Waals surface area contributed by atoms with Gasteiger partial charge in [-0.25, -0.2) is 4.79 Å². The summed E-state index contributed by atoms with van der Waals surface area (Å²) < 4.78 is 23.2. The van der Waals surface area contributed by atoms with Crippen molar-refractivity contribution < 1.29 is 38.1 Å². The molecule has 1 unspecified atom stereocenters. The molecule has 3 aromatic carbocycles. The Morgan fingerprint density at radius 1 is 0.893 bits per heavy atom. The molecule has 0 aliphatic carbocycles. The molecule has 3 aromatic rings. The Morgan fingerprint density at radius 3 is 2.34 bits per heavy atom. The lowest BCUT2D eigenvalue weighted by atomic mass is 10.1. The molecule has 0 radical (unpaired) electrons. The molecule has 1 aliphatic heterocycles. The number of benzene rings is 3. The number of amides is 4. The quantitative estimate of drug-likeness (QED) is 0.140. The largest absolute Gasteiger partial charge is 0.495 e. The van der Waals surface area contributed by atoms with Gasteiger partial charge < -0.3 is 44.3 Å². The Kier molecular flexibility index (Phi) is 16.0. The Morgan fingerprint density at radius 2 is 1.62 bits per heavy atom. The average Bonchev–Trinajstić information content (AvgIpc) is 3.15. The number of aryl methyl sites for hydroxylation is 1. The number of carbonyl (C=O) groups excluding carboxylic acids is 4. The van der Waals surface area contributed by atoms with Crippen molar-refractivity contribution in [3.63, 3.8) is 0 Å². The zero-order valence-corrected chi connectivity index (χ0v) is 34.2. The molecule has 4 rings (SSSR count). The second kappa shape index (κ2) is 20.6. The molecule has 1 fully saturated rings. The minimum absolute atomic E-state index is 0.219. The van der Waals surface area contributed by atoms with Crippen LogP contribution in [0.1, 0.15) is 86.1 Å². The number of ether oxygens (including phenoxy) is 4. The van der Waals surface area contributed by atoms with Crippen molar-refractivity contribution in [3.8, 4) is 17.2 Å². The summed E-state index contributed by atoms with van der Waals surface area (Å²) in [6.45, 7) is 13.4. The van der Waals surface area contributed by atoms with Gasteiger partial charge >= 0.3 is 6.09 Å². The van der Waals surface area contributed by atoms with Crippen LogP contribution in [0.2, 0.25) is 0 Å². The van der Waals surface area contributed by atoms with Gasteiger partial charge in [0.15, 0.2) is 0 Å². The van der Waals surface area contributed by atoms with Gasteiger partial charge in [-0.2, -0.15) is 0 Å². The van der Waals surface area contributed by atoms with Gasteiger partial charge in [-0.05, 0) is 109 Å². The molecule has 1 atom stereocenters. The molecular formula is C43H59N5O8. The van der Waals surface area contributed by atoms with E-state index < -0.39 is 17.6 Å². The van der Waals surface area contributed by atoms with E-state index in [1.54, 1.807) is 70.3 Å². The third kappa shape index (κ3) is 13.2. The smallest absolute Gasteiger partial charge is 0.407 e. The van der Waals surface area contributed by atoms with Crippen LogP contribution in [0.3, 0.4) is 0 Å². The van der Waals surface area contributed by atoms with Crippen LogP contribution in [0.5, 0.6) is 17.2 Å². The number of rotatable bonds is 17.